The van der Waals surface area contributed by atoms with E-state index in [-0.39, 0.29) is 11.3 Å². The zero-order valence-electron chi connectivity index (χ0n) is 19.4. The van der Waals surface area contributed by atoms with Crippen molar-refractivity contribution in [2.24, 2.45) is 0 Å². The predicted molar refractivity (Wildman–Crippen MR) is 130 cm³/mol. The van der Waals surface area contributed by atoms with Crippen molar-refractivity contribution in [3.63, 3.8) is 0 Å². The van der Waals surface area contributed by atoms with Crippen LogP contribution in [0.5, 0.6) is 0 Å². The Morgan fingerprint density at radius 3 is 2.42 bits per heavy atom. The molecular formula is C27H31N3O3. The number of rotatable bonds is 10. The molecule has 1 aromatic heterocycles. The Bertz CT molecular complexity index is 1190. The van der Waals surface area contributed by atoms with Gasteiger partial charge in [-0.25, -0.2) is 14.3 Å². The first-order chi connectivity index (χ1) is 16.0. The van der Waals surface area contributed by atoms with Gasteiger partial charge in [-0.15, -0.1) is 5.10 Å². The van der Waals surface area contributed by atoms with Crippen LogP contribution in [0, 0.1) is 11.8 Å². The molecule has 0 radical (unpaired) electrons. The van der Waals surface area contributed by atoms with Gasteiger partial charge in [-0.1, -0.05) is 87.9 Å². The fraction of sp³-hybridized carbons (Fsp3) is 0.370. The molecule has 0 saturated heterocycles. The van der Waals surface area contributed by atoms with Gasteiger partial charge in [-0.2, -0.15) is 0 Å². The minimum Gasteiger partial charge on any atom is -0.478 e. The van der Waals surface area contributed by atoms with Crippen LogP contribution in [0.2, 0.25) is 0 Å². The lowest BCUT2D eigenvalue weighted by atomic mass is 9.99. The summed E-state index contributed by atoms with van der Waals surface area (Å²) in [4.78, 5) is 24.5. The standard InChI is InChI=1S/C27H31N3O3/c1-3-5-7-8-11-19-30-27(33)29(25(28-30)14-6-4-2)20-21-15-17-22(18-16-21)23-12-9-10-13-24(23)26(31)32/h9-10,12-13,15-18H,3-5,7-8,11,19-20H2,1-2H3,(H,31,32). The van der Waals surface area contributed by atoms with Crippen LogP contribution in [-0.2, 0) is 13.1 Å². The highest BCUT2D eigenvalue weighted by molar-refractivity contribution is 5.95. The van der Waals surface area contributed by atoms with Gasteiger partial charge >= 0.3 is 11.7 Å². The number of unbranched alkanes of at least 4 members (excludes halogenated alkanes) is 4. The Hall–Kier alpha value is -3.59. The maximum Gasteiger partial charge on any atom is 0.347 e. The third-order valence-corrected chi connectivity index (χ3v) is 5.54. The number of aromatic nitrogens is 3. The number of aromatic carboxylic acids is 1. The highest BCUT2D eigenvalue weighted by Gasteiger charge is 2.14. The number of hydrogen-bond donors (Lipinski definition) is 1. The molecule has 3 rings (SSSR count). The number of carboxylic acids is 1. The van der Waals surface area contributed by atoms with Crippen LogP contribution >= 0.6 is 0 Å². The van der Waals surface area contributed by atoms with Crippen molar-refractivity contribution < 1.29 is 9.90 Å². The molecule has 0 fully saturated rings. The molecule has 0 aliphatic carbocycles. The van der Waals surface area contributed by atoms with E-state index in [9.17, 15) is 14.7 Å². The zero-order chi connectivity index (χ0) is 23.6. The summed E-state index contributed by atoms with van der Waals surface area (Å²) in [6.07, 6.45) is 6.27. The lowest BCUT2D eigenvalue weighted by molar-refractivity contribution is 0.0697. The van der Waals surface area contributed by atoms with Gasteiger partial charge in [-0.3, -0.25) is 4.57 Å². The molecule has 0 aliphatic heterocycles. The Kier molecular flexibility index (Phi) is 8.65. The van der Waals surface area contributed by atoms with Crippen LogP contribution < -0.4 is 5.69 Å². The summed E-state index contributed by atoms with van der Waals surface area (Å²) in [5, 5.41) is 13.9. The van der Waals surface area contributed by atoms with Crippen molar-refractivity contribution in [3.05, 3.63) is 76.0 Å². The van der Waals surface area contributed by atoms with Gasteiger partial charge < -0.3 is 5.11 Å². The molecule has 2 aromatic carbocycles. The van der Waals surface area contributed by atoms with Crippen LogP contribution in [0.3, 0.4) is 0 Å². The Morgan fingerprint density at radius 1 is 1.00 bits per heavy atom. The number of benzene rings is 2. The first-order valence-corrected chi connectivity index (χ1v) is 11.6. The largest absolute Gasteiger partial charge is 0.478 e. The third-order valence-electron chi connectivity index (χ3n) is 5.54. The summed E-state index contributed by atoms with van der Waals surface area (Å²) >= 11 is 0. The van der Waals surface area contributed by atoms with E-state index in [0.717, 1.165) is 24.0 Å². The van der Waals surface area contributed by atoms with Gasteiger partial charge in [0, 0.05) is 13.0 Å². The molecule has 0 spiro atoms. The number of carbonyl (C=O) groups is 1. The van der Waals surface area contributed by atoms with E-state index in [1.54, 1.807) is 22.8 Å². The van der Waals surface area contributed by atoms with Gasteiger partial charge in [-0.05, 0) is 35.1 Å². The normalized spacial score (nSPS) is 10.6. The van der Waals surface area contributed by atoms with Crippen molar-refractivity contribution in [2.75, 3.05) is 0 Å². The summed E-state index contributed by atoms with van der Waals surface area (Å²) in [5.74, 6) is 5.58. The summed E-state index contributed by atoms with van der Waals surface area (Å²) in [5.41, 5.74) is 2.53. The second kappa shape index (κ2) is 11.9. The number of carboxylic acid groups (broad SMARTS) is 1. The Balaban J connectivity index is 1.82. The van der Waals surface area contributed by atoms with Crippen LogP contribution in [0.25, 0.3) is 11.1 Å². The second-order valence-corrected chi connectivity index (χ2v) is 8.03. The first-order valence-electron chi connectivity index (χ1n) is 11.6. The lowest BCUT2D eigenvalue weighted by Gasteiger charge is -2.08. The molecule has 6 heteroatoms. The maximum absolute atomic E-state index is 13.0. The van der Waals surface area contributed by atoms with Crippen molar-refractivity contribution in [1.29, 1.82) is 0 Å². The number of hydrogen-bond acceptors (Lipinski definition) is 3. The van der Waals surface area contributed by atoms with E-state index in [1.165, 1.54) is 23.9 Å². The Morgan fingerprint density at radius 2 is 1.73 bits per heavy atom. The van der Waals surface area contributed by atoms with E-state index < -0.39 is 5.97 Å². The summed E-state index contributed by atoms with van der Waals surface area (Å²) in [6.45, 7) is 5.11. The number of aryl methyl sites for hydroxylation is 1. The topological polar surface area (TPSA) is 77.1 Å². The lowest BCUT2D eigenvalue weighted by Crippen LogP contribution is -2.26. The quantitative estimate of drug-likeness (QED) is 0.344. The number of nitrogens with zero attached hydrogens (tertiary/aromatic N) is 3. The highest BCUT2D eigenvalue weighted by atomic mass is 16.4. The van der Waals surface area contributed by atoms with Gasteiger partial charge in [0.25, 0.3) is 0 Å². The molecule has 1 heterocycles. The average Bonchev–Trinajstić information content (AvgIpc) is 3.12. The molecular weight excluding hydrogens is 414 g/mol. The zero-order valence-corrected chi connectivity index (χ0v) is 19.4. The van der Waals surface area contributed by atoms with Gasteiger partial charge in [0.2, 0.25) is 5.82 Å². The molecule has 3 aromatic rings. The molecule has 0 saturated carbocycles. The van der Waals surface area contributed by atoms with Crippen LogP contribution in [0.1, 0.15) is 74.1 Å². The monoisotopic (exact) mass is 445 g/mol. The molecule has 33 heavy (non-hydrogen) atoms. The molecule has 0 bridgehead atoms. The molecule has 0 atom stereocenters. The van der Waals surface area contributed by atoms with Gasteiger partial charge in [0.1, 0.15) is 0 Å². The molecule has 0 unspecified atom stereocenters. The van der Waals surface area contributed by atoms with Crippen LogP contribution in [0.15, 0.2) is 53.3 Å². The molecule has 0 aliphatic rings. The minimum absolute atomic E-state index is 0.147. The van der Waals surface area contributed by atoms with Crippen molar-refractivity contribution in [3.8, 4) is 23.0 Å². The molecule has 172 valence electrons. The van der Waals surface area contributed by atoms with E-state index in [0.29, 0.717) is 30.9 Å². The van der Waals surface area contributed by atoms with Crippen molar-refractivity contribution in [1.82, 2.24) is 14.3 Å². The summed E-state index contributed by atoms with van der Waals surface area (Å²) < 4.78 is 3.15. The van der Waals surface area contributed by atoms with E-state index in [2.05, 4.69) is 23.9 Å². The van der Waals surface area contributed by atoms with Crippen molar-refractivity contribution >= 4 is 5.97 Å². The van der Waals surface area contributed by atoms with Gasteiger partial charge in [0.15, 0.2) is 0 Å². The van der Waals surface area contributed by atoms with Gasteiger partial charge in [0.05, 0.1) is 12.1 Å². The molecule has 1 N–H and O–H groups in total. The average molecular weight is 446 g/mol. The van der Waals surface area contributed by atoms with E-state index in [1.807, 2.05) is 37.3 Å². The van der Waals surface area contributed by atoms with Crippen LogP contribution in [-0.4, -0.2) is 25.4 Å². The SMILES string of the molecule is CCC#Cc1nn(CCCCCCC)c(=O)n1Cc1ccc(-c2ccccc2C(=O)O)cc1. The highest BCUT2D eigenvalue weighted by Crippen LogP contribution is 2.24. The van der Waals surface area contributed by atoms with E-state index in [4.69, 9.17) is 0 Å². The molecule has 0 amide bonds. The summed E-state index contributed by atoms with van der Waals surface area (Å²) in [7, 11) is 0. The predicted octanol–water partition coefficient (Wildman–Crippen LogP) is 5.19. The summed E-state index contributed by atoms with van der Waals surface area (Å²) in [6, 6.07) is 14.5. The van der Waals surface area contributed by atoms with Crippen LogP contribution in [0.4, 0.5) is 0 Å². The fourth-order valence-electron chi connectivity index (χ4n) is 3.75. The molecule has 6 nitrogen and oxygen atoms in total. The first kappa shape index (κ1) is 24.1. The Labute approximate surface area is 194 Å². The van der Waals surface area contributed by atoms with Crippen molar-refractivity contribution in [2.45, 2.75) is 65.5 Å². The second-order valence-electron chi connectivity index (χ2n) is 8.03. The minimum atomic E-state index is -0.956. The smallest absolute Gasteiger partial charge is 0.347 e. The maximum atomic E-state index is 13.0. The third kappa shape index (κ3) is 6.23. The van der Waals surface area contributed by atoms with E-state index >= 15 is 0 Å². The fourth-order valence-corrected chi connectivity index (χ4v) is 3.75.